The Bertz CT molecular complexity index is 1330. The Balaban J connectivity index is 1.58. The molecule has 1 amide bonds. The van der Waals surface area contributed by atoms with Crippen LogP contribution in [0.25, 0.3) is 11.1 Å². The van der Waals surface area contributed by atoms with E-state index in [1.165, 1.54) is 16.3 Å². The zero-order valence-electron chi connectivity index (χ0n) is 20.0. The van der Waals surface area contributed by atoms with Crippen molar-refractivity contribution in [3.63, 3.8) is 0 Å². The van der Waals surface area contributed by atoms with Gasteiger partial charge in [-0.3, -0.25) is 14.5 Å². The molecule has 0 aliphatic heterocycles. The minimum absolute atomic E-state index is 0.0312. The van der Waals surface area contributed by atoms with Crippen molar-refractivity contribution >= 4 is 15.9 Å². The Morgan fingerprint density at radius 3 is 2.74 bits per heavy atom. The van der Waals surface area contributed by atoms with Gasteiger partial charge in [-0.05, 0) is 86.1 Å². The van der Waals surface area contributed by atoms with E-state index in [2.05, 4.69) is 20.9 Å². The Hall–Kier alpha value is -3.04. The normalized spacial score (nSPS) is 13.6. The molecule has 8 nitrogen and oxygen atoms in total. The Morgan fingerprint density at radius 2 is 2.00 bits per heavy atom. The highest BCUT2D eigenvalue weighted by Gasteiger charge is 2.26. The fraction of sp³-hybridized carbons (Fsp3) is 0.400. The van der Waals surface area contributed by atoms with Crippen molar-refractivity contribution in [2.45, 2.75) is 63.6 Å². The molecule has 1 N–H and O–H groups in total. The van der Waals surface area contributed by atoms with Crippen molar-refractivity contribution in [2.24, 2.45) is 0 Å². The highest BCUT2D eigenvalue weighted by molar-refractivity contribution is 7.90. The van der Waals surface area contributed by atoms with E-state index >= 15 is 0 Å². The highest BCUT2D eigenvalue weighted by atomic mass is 32.2. The molecule has 2 aromatic heterocycles. The van der Waals surface area contributed by atoms with E-state index in [0.29, 0.717) is 6.54 Å². The van der Waals surface area contributed by atoms with Gasteiger partial charge in [-0.2, -0.15) is 13.5 Å². The molecule has 0 saturated heterocycles. The molecule has 1 aliphatic carbocycles. The van der Waals surface area contributed by atoms with Crippen molar-refractivity contribution < 1.29 is 17.9 Å². The molecule has 0 saturated carbocycles. The van der Waals surface area contributed by atoms with Crippen molar-refractivity contribution in [1.82, 2.24) is 19.5 Å². The van der Waals surface area contributed by atoms with Crippen LogP contribution >= 0.6 is 0 Å². The predicted molar refractivity (Wildman–Crippen MR) is 129 cm³/mol. The number of aromatic nitrogens is 3. The number of hydrogen-bond acceptors (Lipinski definition) is 6. The molecular formula is C25H30N4O4S. The fourth-order valence-corrected chi connectivity index (χ4v) is 5.28. The molecule has 9 heteroatoms. The number of carbonyl (C=O) groups is 1. The van der Waals surface area contributed by atoms with Crippen molar-refractivity contribution in [3.05, 3.63) is 65.1 Å². The molecule has 0 unspecified atom stereocenters. The monoisotopic (exact) mass is 482 g/mol. The van der Waals surface area contributed by atoms with Gasteiger partial charge in [-0.15, -0.1) is 0 Å². The summed E-state index contributed by atoms with van der Waals surface area (Å²) in [4.78, 5) is 17.2. The number of hydrogen-bond donors (Lipinski definition) is 1. The maximum atomic E-state index is 13.0. The summed E-state index contributed by atoms with van der Waals surface area (Å²) in [5.41, 5.74) is 5.51. The number of methoxy groups -OCH3 is 1. The second kappa shape index (κ2) is 9.31. The van der Waals surface area contributed by atoms with E-state index in [9.17, 15) is 13.2 Å². The summed E-state index contributed by atoms with van der Waals surface area (Å²) in [6, 6.07) is 9.40. The molecule has 2 heterocycles. The lowest BCUT2D eigenvalue weighted by Crippen LogP contribution is -2.33. The number of aryl methyl sites for hydroxylation is 2. The number of carbonyl (C=O) groups excluding carboxylic acids is 1. The summed E-state index contributed by atoms with van der Waals surface area (Å²) >= 11 is 0. The van der Waals surface area contributed by atoms with Gasteiger partial charge in [0.15, 0.2) is 5.03 Å². The summed E-state index contributed by atoms with van der Waals surface area (Å²) in [5.74, 6) is -0.584. The van der Waals surface area contributed by atoms with Gasteiger partial charge < -0.3 is 4.74 Å². The number of rotatable bonds is 8. The largest absolute Gasteiger partial charge is 0.377 e. The third-order valence-electron chi connectivity index (χ3n) is 6.18. The molecule has 4 rings (SSSR count). The van der Waals surface area contributed by atoms with Crippen LogP contribution in [0.15, 0.2) is 47.8 Å². The molecule has 0 bridgehead atoms. The lowest BCUT2D eigenvalue weighted by Gasteiger charge is -2.22. The van der Waals surface area contributed by atoms with Crippen LogP contribution in [0.5, 0.6) is 0 Å². The van der Waals surface area contributed by atoms with Crippen LogP contribution in [0, 0.1) is 6.92 Å². The molecule has 1 aliphatic rings. The maximum absolute atomic E-state index is 13.0. The molecule has 0 radical (unpaired) electrons. The van der Waals surface area contributed by atoms with Gasteiger partial charge >= 0.3 is 0 Å². The van der Waals surface area contributed by atoms with Gasteiger partial charge in [0.1, 0.15) is 0 Å². The first kappa shape index (κ1) is 24.1. The van der Waals surface area contributed by atoms with Crippen LogP contribution in [0.2, 0.25) is 0 Å². The van der Waals surface area contributed by atoms with E-state index < -0.39 is 21.5 Å². The summed E-state index contributed by atoms with van der Waals surface area (Å²) in [6.45, 7) is 6.05. The summed E-state index contributed by atoms with van der Waals surface area (Å²) in [6.07, 6.45) is 6.14. The van der Waals surface area contributed by atoms with Gasteiger partial charge in [0.2, 0.25) is 5.91 Å². The van der Waals surface area contributed by atoms with Gasteiger partial charge in [-0.1, -0.05) is 12.1 Å². The lowest BCUT2D eigenvalue weighted by molar-refractivity contribution is -0.118. The minimum Gasteiger partial charge on any atom is -0.377 e. The third kappa shape index (κ3) is 5.20. The Labute approximate surface area is 200 Å². The number of ether oxygens (including phenoxy) is 1. The molecule has 1 aromatic carbocycles. The van der Waals surface area contributed by atoms with Gasteiger partial charge in [-0.25, -0.2) is 4.72 Å². The number of nitrogens with one attached hydrogen (secondary N) is 1. The van der Waals surface area contributed by atoms with Crippen LogP contribution in [0.3, 0.4) is 0 Å². The number of amides is 1. The first-order valence-corrected chi connectivity index (χ1v) is 12.8. The quantitative estimate of drug-likeness (QED) is 0.529. The summed E-state index contributed by atoms with van der Waals surface area (Å²) in [5, 5.41) is 3.94. The second-order valence-electron chi connectivity index (χ2n) is 9.29. The second-order valence-corrected chi connectivity index (χ2v) is 10.9. The fourth-order valence-electron chi connectivity index (χ4n) is 4.36. The van der Waals surface area contributed by atoms with Gasteiger partial charge in [0, 0.05) is 25.2 Å². The van der Waals surface area contributed by atoms with E-state index in [-0.39, 0.29) is 11.4 Å². The van der Waals surface area contributed by atoms with E-state index in [0.717, 1.165) is 47.2 Å². The third-order valence-corrected chi connectivity index (χ3v) is 7.45. The lowest BCUT2D eigenvalue weighted by atomic mass is 9.91. The van der Waals surface area contributed by atoms with Gasteiger partial charge in [0.05, 0.1) is 18.6 Å². The number of sulfonamides is 1. The topological polar surface area (TPSA) is 103 Å². The van der Waals surface area contributed by atoms with Crippen LogP contribution in [0.4, 0.5) is 0 Å². The van der Waals surface area contributed by atoms with Crippen molar-refractivity contribution in [2.75, 3.05) is 7.11 Å². The molecule has 34 heavy (non-hydrogen) atoms. The predicted octanol–water partition coefficient (Wildman–Crippen LogP) is 3.21. The number of nitrogens with zero attached hydrogens (tertiary/aromatic N) is 3. The average Bonchev–Trinajstić information content (AvgIpc) is 3.43. The standard InChI is InChI=1S/C25H30N4O4S/c1-17-14-19(10-12-26-17)21-9-8-18-6-5-7-20(18)22(21)15-23(30)28-34(31,32)24-11-13-29(27-24)16-25(2,3)33-4/h8-14H,5-7,15-16H2,1-4H3,(H,28,30). The van der Waals surface area contributed by atoms with E-state index in [1.807, 2.05) is 39.0 Å². The van der Waals surface area contributed by atoms with Crippen LogP contribution < -0.4 is 4.72 Å². The SMILES string of the molecule is COC(C)(C)Cn1ccc(S(=O)(=O)NC(=O)Cc2c(-c3ccnc(C)c3)ccc3c2CCC3)n1. The van der Waals surface area contributed by atoms with E-state index in [1.54, 1.807) is 19.5 Å². The highest BCUT2D eigenvalue weighted by Crippen LogP contribution is 2.34. The Kier molecular flexibility index (Phi) is 6.60. The first-order valence-electron chi connectivity index (χ1n) is 11.3. The number of fused-ring (bicyclic) bond motifs is 1. The van der Waals surface area contributed by atoms with Crippen LogP contribution in [0.1, 0.15) is 42.7 Å². The number of benzene rings is 1. The molecular weight excluding hydrogens is 452 g/mol. The van der Waals surface area contributed by atoms with Crippen LogP contribution in [-0.4, -0.2) is 41.8 Å². The molecule has 180 valence electrons. The van der Waals surface area contributed by atoms with Gasteiger partial charge in [0.25, 0.3) is 10.0 Å². The molecule has 0 spiro atoms. The average molecular weight is 483 g/mol. The maximum Gasteiger partial charge on any atom is 0.283 e. The van der Waals surface area contributed by atoms with Crippen LogP contribution in [-0.2, 0) is 45.4 Å². The van der Waals surface area contributed by atoms with E-state index in [4.69, 9.17) is 4.74 Å². The zero-order chi connectivity index (χ0) is 24.5. The first-order chi connectivity index (χ1) is 16.1. The number of pyridine rings is 1. The molecule has 3 aromatic rings. The minimum atomic E-state index is -4.10. The summed E-state index contributed by atoms with van der Waals surface area (Å²) < 4.78 is 34.8. The smallest absolute Gasteiger partial charge is 0.283 e. The Morgan fingerprint density at radius 1 is 1.21 bits per heavy atom. The van der Waals surface area contributed by atoms with Crippen molar-refractivity contribution in [1.29, 1.82) is 0 Å². The zero-order valence-corrected chi connectivity index (χ0v) is 20.8. The molecule has 0 atom stereocenters. The van der Waals surface area contributed by atoms with Crippen molar-refractivity contribution in [3.8, 4) is 11.1 Å². The summed E-state index contributed by atoms with van der Waals surface area (Å²) in [7, 11) is -2.52. The molecule has 0 fully saturated rings.